The smallest absolute Gasteiger partial charge is 0.317 e. The Balaban J connectivity index is 2.28. The first kappa shape index (κ1) is 15.4. The number of aliphatic carboxylic acids is 1. The number of carbonyl (C=O) groups excluding carboxylic acids is 1. The third-order valence-corrected chi connectivity index (χ3v) is 3.46. The van der Waals surface area contributed by atoms with Gasteiger partial charge in [-0.1, -0.05) is 6.92 Å². The van der Waals surface area contributed by atoms with Crippen LogP contribution in [-0.2, 0) is 11.2 Å². The minimum absolute atomic E-state index is 0.191. The van der Waals surface area contributed by atoms with E-state index in [9.17, 15) is 9.59 Å². The van der Waals surface area contributed by atoms with Crippen LogP contribution < -0.4 is 5.32 Å². The molecule has 0 aromatic carbocycles. The maximum absolute atomic E-state index is 11.7. The monoisotopic (exact) mass is 285 g/mol. The van der Waals surface area contributed by atoms with Gasteiger partial charge in [-0.2, -0.15) is 0 Å². The topological polar surface area (TPSA) is 82.5 Å². The van der Waals surface area contributed by atoms with Gasteiger partial charge < -0.3 is 15.3 Å². The van der Waals surface area contributed by atoms with E-state index in [1.54, 1.807) is 25.3 Å². The molecule has 7 heteroatoms. The summed E-state index contributed by atoms with van der Waals surface area (Å²) in [4.78, 5) is 28.1. The molecule has 106 valence electrons. The second-order valence-corrected chi connectivity index (χ2v) is 5.52. The summed E-state index contributed by atoms with van der Waals surface area (Å²) in [6.45, 7) is 4.20. The lowest BCUT2D eigenvalue weighted by Crippen LogP contribution is -2.41. The van der Waals surface area contributed by atoms with Crippen LogP contribution in [0, 0.1) is 12.8 Å². The molecule has 19 heavy (non-hydrogen) atoms. The Hall–Kier alpha value is -1.63. The first-order chi connectivity index (χ1) is 8.90. The van der Waals surface area contributed by atoms with Crippen LogP contribution in [0.25, 0.3) is 0 Å². The maximum Gasteiger partial charge on any atom is 0.317 e. The average molecular weight is 285 g/mol. The number of rotatable bonds is 6. The number of amides is 2. The number of aromatic nitrogens is 1. The van der Waals surface area contributed by atoms with Crippen molar-refractivity contribution in [2.45, 2.75) is 20.3 Å². The number of hydrogen-bond acceptors (Lipinski definition) is 4. The summed E-state index contributed by atoms with van der Waals surface area (Å²) < 4.78 is 0. The highest BCUT2D eigenvalue weighted by molar-refractivity contribution is 7.09. The van der Waals surface area contributed by atoms with Crippen LogP contribution >= 0.6 is 11.3 Å². The Labute approximate surface area is 116 Å². The molecule has 2 N–H and O–H groups in total. The summed E-state index contributed by atoms with van der Waals surface area (Å²) in [5.74, 6) is -1.48. The van der Waals surface area contributed by atoms with Crippen LogP contribution in [-0.4, -0.2) is 47.1 Å². The van der Waals surface area contributed by atoms with Gasteiger partial charge in [-0.25, -0.2) is 9.78 Å². The predicted molar refractivity (Wildman–Crippen MR) is 73.4 cm³/mol. The molecular weight excluding hydrogens is 266 g/mol. The fraction of sp³-hybridized carbons (Fsp3) is 0.583. The summed E-state index contributed by atoms with van der Waals surface area (Å²) in [7, 11) is 1.59. The SMILES string of the molecule is Cc1nc(CCNC(=O)N(C)CC(C)C(=O)O)cs1. The third kappa shape index (κ3) is 5.25. The molecule has 1 atom stereocenters. The largest absolute Gasteiger partial charge is 0.481 e. The normalized spacial score (nSPS) is 11.9. The first-order valence-corrected chi connectivity index (χ1v) is 6.91. The van der Waals surface area contributed by atoms with Gasteiger partial charge in [0.2, 0.25) is 0 Å². The standard InChI is InChI=1S/C12H19N3O3S/c1-8(11(16)17)6-15(3)12(18)13-5-4-10-7-19-9(2)14-10/h7-8H,4-6H2,1-3H3,(H,13,18)(H,16,17). The van der Waals surface area contributed by atoms with Gasteiger partial charge in [0.1, 0.15) is 0 Å². The number of carboxylic acids is 1. The van der Waals surface area contributed by atoms with Crippen LogP contribution in [0.1, 0.15) is 17.6 Å². The van der Waals surface area contributed by atoms with Gasteiger partial charge in [-0.15, -0.1) is 11.3 Å². The fourth-order valence-electron chi connectivity index (χ4n) is 1.53. The highest BCUT2D eigenvalue weighted by Gasteiger charge is 2.16. The molecule has 0 saturated heterocycles. The molecule has 0 aliphatic rings. The summed E-state index contributed by atoms with van der Waals surface area (Å²) in [5, 5.41) is 14.5. The third-order valence-electron chi connectivity index (χ3n) is 2.64. The molecule has 1 heterocycles. The van der Waals surface area contributed by atoms with Crippen molar-refractivity contribution in [3.05, 3.63) is 16.1 Å². The van der Waals surface area contributed by atoms with Crippen LogP contribution in [0.3, 0.4) is 0 Å². The zero-order valence-corrected chi connectivity index (χ0v) is 12.2. The van der Waals surface area contributed by atoms with Crippen molar-refractivity contribution in [1.82, 2.24) is 15.2 Å². The number of hydrogen-bond donors (Lipinski definition) is 2. The summed E-state index contributed by atoms with van der Waals surface area (Å²) in [6, 6.07) is -0.264. The molecule has 0 aliphatic carbocycles. The molecule has 1 rings (SSSR count). The van der Waals surface area contributed by atoms with E-state index in [0.717, 1.165) is 10.7 Å². The molecule has 1 aromatic heterocycles. The molecule has 1 unspecified atom stereocenters. The van der Waals surface area contributed by atoms with Crippen molar-refractivity contribution < 1.29 is 14.7 Å². The molecule has 0 spiro atoms. The highest BCUT2D eigenvalue weighted by atomic mass is 32.1. The second-order valence-electron chi connectivity index (χ2n) is 4.46. The molecule has 0 radical (unpaired) electrons. The van der Waals surface area contributed by atoms with Crippen LogP contribution in [0.4, 0.5) is 4.79 Å². The van der Waals surface area contributed by atoms with E-state index in [2.05, 4.69) is 10.3 Å². The summed E-state index contributed by atoms with van der Waals surface area (Å²) in [5.41, 5.74) is 0.962. The number of nitrogens with zero attached hydrogens (tertiary/aromatic N) is 2. The van der Waals surface area contributed by atoms with Gasteiger partial charge in [0.05, 0.1) is 16.6 Å². The number of urea groups is 1. The first-order valence-electron chi connectivity index (χ1n) is 6.03. The zero-order chi connectivity index (χ0) is 14.4. The molecule has 1 aromatic rings. The van der Waals surface area contributed by atoms with Crippen molar-refractivity contribution in [1.29, 1.82) is 0 Å². The van der Waals surface area contributed by atoms with Crippen molar-refractivity contribution in [2.75, 3.05) is 20.1 Å². The Morgan fingerprint density at radius 1 is 1.58 bits per heavy atom. The number of carbonyl (C=O) groups is 2. The highest BCUT2D eigenvalue weighted by Crippen LogP contribution is 2.07. The van der Waals surface area contributed by atoms with E-state index >= 15 is 0 Å². The van der Waals surface area contributed by atoms with Crippen molar-refractivity contribution >= 4 is 23.3 Å². The van der Waals surface area contributed by atoms with Gasteiger partial charge in [-0.05, 0) is 6.92 Å². The minimum atomic E-state index is -0.905. The van der Waals surface area contributed by atoms with E-state index in [1.165, 1.54) is 4.90 Å². The average Bonchev–Trinajstić information content (AvgIpc) is 2.74. The van der Waals surface area contributed by atoms with Gasteiger partial charge in [-0.3, -0.25) is 4.79 Å². The van der Waals surface area contributed by atoms with E-state index in [1.807, 2.05) is 12.3 Å². The Bertz CT molecular complexity index is 447. The van der Waals surface area contributed by atoms with Gasteiger partial charge >= 0.3 is 12.0 Å². The number of nitrogens with one attached hydrogen (secondary N) is 1. The van der Waals surface area contributed by atoms with E-state index in [-0.39, 0.29) is 12.6 Å². The van der Waals surface area contributed by atoms with Crippen LogP contribution in [0.15, 0.2) is 5.38 Å². The molecule has 0 saturated carbocycles. The Morgan fingerprint density at radius 3 is 2.79 bits per heavy atom. The van der Waals surface area contributed by atoms with Gasteiger partial charge in [0.25, 0.3) is 0 Å². The van der Waals surface area contributed by atoms with Crippen molar-refractivity contribution in [3.63, 3.8) is 0 Å². The van der Waals surface area contributed by atoms with Crippen LogP contribution in [0.2, 0.25) is 0 Å². The van der Waals surface area contributed by atoms with E-state index in [0.29, 0.717) is 13.0 Å². The summed E-state index contributed by atoms with van der Waals surface area (Å²) >= 11 is 1.58. The molecule has 0 bridgehead atoms. The predicted octanol–water partition coefficient (Wildman–Crippen LogP) is 1.36. The van der Waals surface area contributed by atoms with Crippen molar-refractivity contribution in [2.24, 2.45) is 5.92 Å². The maximum atomic E-state index is 11.7. The van der Waals surface area contributed by atoms with Gasteiger partial charge in [0.15, 0.2) is 0 Å². The lowest BCUT2D eigenvalue weighted by molar-refractivity contribution is -0.141. The lowest BCUT2D eigenvalue weighted by atomic mass is 10.2. The zero-order valence-electron chi connectivity index (χ0n) is 11.3. The number of thiazole rings is 1. The second kappa shape index (κ2) is 7.08. The van der Waals surface area contributed by atoms with E-state index < -0.39 is 11.9 Å². The Morgan fingerprint density at radius 2 is 2.26 bits per heavy atom. The van der Waals surface area contributed by atoms with E-state index in [4.69, 9.17) is 5.11 Å². The van der Waals surface area contributed by atoms with Gasteiger partial charge in [0, 0.05) is 31.9 Å². The molecule has 0 fully saturated rings. The molecule has 6 nitrogen and oxygen atoms in total. The lowest BCUT2D eigenvalue weighted by Gasteiger charge is -2.19. The molecule has 2 amide bonds. The molecule has 0 aliphatic heterocycles. The minimum Gasteiger partial charge on any atom is -0.481 e. The Kier molecular flexibility index (Phi) is 5.75. The quantitative estimate of drug-likeness (QED) is 0.826. The number of aryl methyl sites for hydroxylation is 1. The van der Waals surface area contributed by atoms with Crippen molar-refractivity contribution in [3.8, 4) is 0 Å². The number of carboxylic acid groups (broad SMARTS) is 1. The van der Waals surface area contributed by atoms with Crippen LogP contribution in [0.5, 0.6) is 0 Å². The fourth-order valence-corrected chi connectivity index (χ4v) is 2.17. The molecular formula is C12H19N3O3S. The summed E-state index contributed by atoms with van der Waals surface area (Å²) in [6.07, 6.45) is 0.679.